The number of amides is 2. The molecule has 0 bridgehead atoms. The van der Waals surface area contributed by atoms with Gasteiger partial charge in [0.25, 0.3) is 5.91 Å². The number of rotatable bonds is 5. The van der Waals surface area contributed by atoms with Crippen molar-refractivity contribution in [1.82, 2.24) is 4.90 Å². The molecule has 0 atom stereocenters. The second kappa shape index (κ2) is 8.95. The maximum absolute atomic E-state index is 12.7. The van der Waals surface area contributed by atoms with Crippen molar-refractivity contribution in [1.29, 1.82) is 0 Å². The number of anilines is 2. The minimum Gasteiger partial charge on any atom is -0.378 e. The lowest BCUT2D eigenvalue weighted by molar-refractivity contribution is -0.137. The highest BCUT2D eigenvalue weighted by Gasteiger charge is 2.30. The summed E-state index contributed by atoms with van der Waals surface area (Å²) in [5.41, 5.74) is 0.263. The predicted octanol–water partition coefficient (Wildman–Crippen LogP) is 3.23. The van der Waals surface area contributed by atoms with Crippen LogP contribution in [0.4, 0.5) is 24.5 Å². The Labute approximate surface area is 165 Å². The highest BCUT2D eigenvalue weighted by Crippen LogP contribution is 2.30. The Kier molecular flexibility index (Phi) is 6.38. The fourth-order valence-corrected chi connectivity index (χ4v) is 2.87. The van der Waals surface area contributed by atoms with Crippen LogP contribution in [0.2, 0.25) is 0 Å². The van der Waals surface area contributed by atoms with Crippen LogP contribution in [0.1, 0.15) is 15.9 Å². The number of morpholine rings is 1. The van der Waals surface area contributed by atoms with Gasteiger partial charge in [0.05, 0.1) is 25.3 Å². The highest BCUT2D eigenvalue weighted by molar-refractivity contribution is 5.98. The topological polar surface area (TPSA) is 70.7 Å². The van der Waals surface area contributed by atoms with E-state index in [4.69, 9.17) is 4.74 Å². The molecule has 2 aromatic carbocycles. The third-order valence-electron chi connectivity index (χ3n) is 4.33. The summed E-state index contributed by atoms with van der Waals surface area (Å²) < 4.78 is 43.5. The molecule has 0 aliphatic carbocycles. The van der Waals surface area contributed by atoms with E-state index in [1.54, 1.807) is 29.2 Å². The molecule has 0 saturated carbocycles. The van der Waals surface area contributed by atoms with E-state index in [1.165, 1.54) is 12.1 Å². The Morgan fingerprint density at radius 2 is 1.69 bits per heavy atom. The van der Waals surface area contributed by atoms with Gasteiger partial charge in [-0.3, -0.25) is 9.59 Å². The minimum absolute atomic E-state index is 0.147. The normalized spacial score (nSPS) is 14.4. The van der Waals surface area contributed by atoms with Gasteiger partial charge in [0.2, 0.25) is 5.91 Å². The number of halogens is 3. The maximum Gasteiger partial charge on any atom is 0.416 e. The van der Waals surface area contributed by atoms with Gasteiger partial charge in [-0.05, 0) is 36.4 Å². The molecule has 1 saturated heterocycles. The number of benzene rings is 2. The monoisotopic (exact) mass is 407 g/mol. The molecule has 0 spiro atoms. The number of ether oxygens (including phenoxy) is 1. The van der Waals surface area contributed by atoms with Crippen LogP contribution in [0.25, 0.3) is 0 Å². The summed E-state index contributed by atoms with van der Waals surface area (Å²) in [7, 11) is 0. The van der Waals surface area contributed by atoms with Crippen LogP contribution in [-0.4, -0.2) is 49.6 Å². The van der Waals surface area contributed by atoms with E-state index in [2.05, 4.69) is 10.6 Å². The van der Waals surface area contributed by atoms with Gasteiger partial charge >= 0.3 is 6.18 Å². The van der Waals surface area contributed by atoms with E-state index in [9.17, 15) is 22.8 Å². The molecule has 0 radical (unpaired) electrons. The molecule has 29 heavy (non-hydrogen) atoms. The van der Waals surface area contributed by atoms with Crippen molar-refractivity contribution in [2.45, 2.75) is 6.18 Å². The first-order valence-corrected chi connectivity index (χ1v) is 9.01. The number of hydrogen-bond donors (Lipinski definition) is 2. The lowest BCUT2D eigenvalue weighted by Crippen LogP contribution is -2.40. The zero-order valence-corrected chi connectivity index (χ0v) is 15.5. The second-order valence-electron chi connectivity index (χ2n) is 6.47. The first-order valence-electron chi connectivity index (χ1n) is 9.01. The smallest absolute Gasteiger partial charge is 0.378 e. The van der Waals surface area contributed by atoms with Gasteiger partial charge < -0.3 is 20.3 Å². The van der Waals surface area contributed by atoms with Crippen LogP contribution < -0.4 is 10.6 Å². The number of carbonyl (C=O) groups excluding carboxylic acids is 2. The van der Waals surface area contributed by atoms with Crippen LogP contribution in [0.3, 0.4) is 0 Å². The summed E-state index contributed by atoms with van der Waals surface area (Å²) in [6.07, 6.45) is -4.45. The summed E-state index contributed by atoms with van der Waals surface area (Å²) in [5, 5.41) is 5.30. The third kappa shape index (κ3) is 5.71. The fraction of sp³-hybridized carbons (Fsp3) is 0.300. The van der Waals surface area contributed by atoms with Gasteiger partial charge in [-0.1, -0.05) is 12.1 Å². The van der Waals surface area contributed by atoms with Gasteiger partial charge in [0, 0.05) is 30.0 Å². The largest absolute Gasteiger partial charge is 0.416 e. The van der Waals surface area contributed by atoms with Crippen molar-refractivity contribution in [3.8, 4) is 0 Å². The molecule has 1 aliphatic rings. The molecule has 2 N–H and O–H groups in total. The van der Waals surface area contributed by atoms with Gasteiger partial charge in [-0.2, -0.15) is 13.2 Å². The second-order valence-corrected chi connectivity index (χ2v) is 6.47. The van der Waals surface area contributed by atoms with E-state index in [-0.39, 0.29) is 18.1 Å². The molecule has 1 aliphatic heterocycles. The van der Waals surface area contributed by atoms with Gasteiger partial charge in [-0.15, -0.1) is 0 Å². The summed E-state index contributed by atoms with van der Waals surface area (Å²) in [6.45, 7) is 1.78. The minimum atomic E-state index is -4.45. The van der Waals surface area contributed by atoms with Gasteiger partial charge in [0.15, 0.2) is 0 Å². The molecule has 9 heteroatoms. The van der Waals surface area contributed by atoms with Crippen molar-refractivity contribution in [2.24, 2.45) is 0 Å². The third-order valence-corrected chi connectivity index (χ3v) is 4.33. The molecular formula is C20H20F3N3O3. The number of hydrogen-bond acceptors (Lipinski definition) is 4. The molecule has 2 amide bonds. The molecule has 6 nitrogen and oxygen atoms in total. The average Bonchev–Trinajstić information content (AvgIpc) is 2.72. The molecule has 3 rings (SSSR count). The number of nitrogens with zero attached hydrogens (tertiary/aromatic N) is 1. The van der Waals surface area contributed by atoms with Crippen molar-refractivity contribution >= 4 is 23.2 Å². The van der Waals surface area contributed by atoms with Crippen LogP contribution in [0.5, 0.6) is 0 Å². The Hall–Kier alpha value is -3.07. The molecule has 1 heterocycles. The zero-order chi connectivity index (χ0) is 20.9. The molecule has 154 valence electrons. The van der Waals surface area contributed by atoms with Crippen LogP contribution in [0.15, 0.2) is 48.5 Å². The summed E-state index contributed by atoms with van der Waals surface area (Å²) >= 11 is 0. The first-order chi connectivity index (χ1) is 13.8. The van der Waals surface area contributed by atoms with E-state index in [0.717, 1.165) is 12.1 Å². The average molecular weight is 407 g/mol. The quantitative estimate of drug-likeness (QED) is 0.799. The Morgan fingerprint density at radius 1 is 1.00 bits per heavy atom. The Morgan fingerprint density at radius 3 is 2.41 bits per heavy atom. The molecular weight excluding hydrogens is 387 g/mol. The first kappa shape index (κ1) is 20.7. The van der Waals surface area contributed by atoms with Crippen LogP contribution >= 0.6 is 0 Å². The van der Waals surface area contributed by atoms with Crippen LogP contribution in [0, 0.1) is 0 Å². The van der Waals surface area contributed by atoms with Crippen LogP contribution in [-0.2, 0) is 15.7 Å². The van der Waals surface area contributed by atoms with E-state index >= 15 is 0 Å². The molecule has 2 aromatic rings. The summed E-state index contributed by atoms with van der Waals surface area (Å²) in [5.74, 6) is -0.593. The van der Waals surface area contributed by atoms with Crippen molar-refractivity contribution in [3.05, 3.63) is 59.7 Å². The van der Waals surface area contributed by atoms with E-state index < -0.39 is 17.6 Å². The Balaban J connectivity index is 1.58. The number of nitrogens with one attached hydrogen (secondary N) is 2. The molecule has 0 aromatic heterocycles. The lowest BCUT2D eigenvalue weighted by Gasteiger charge is -2.27. The van der Waals surface area contributed by atoms with Crippen molar-refractivity contribution in [2.75, 3.05) is 43.5 Å². The number of alkyl halides is 3. The molecule has 1 fully saturated rings. The summed E-state index contributed by atoms with van der Waals surface area (Å²) in [6, 6.07) is 11.1. The summed E-state index contributed by atoms with van der Waals surface area (Å²) in [4.78, 5) is 26.3. The zero-order valence-electron chi connectivity index (χ0n) is 15.5. The van der Waals surface area contributed by atoms with Gasteiger partial charge in [0.1, 0.15) is 0 Å². The standard InChI is InChI=1S/C20H20F3N3O3/c21-20(22,23)15-4-2-5-16(12-15)24-13-18(27)25-17-6-1-3-14(11-17)19(28)26-7-9-29-10-8-26/h1-6,11-12,24H,7-10,13H2,(H,25,27). The van der Waals surface area contributed by atoms with Crippen molar-refractivity contribution < 1.29 is 27.5 Å². The fourth-order valence-electron chi connectivity index (χ4n) is 2.87. The van der Waals surface area contributed by atoms with Gasteiger partial charge in [-0.25, -0.2) is 0 Å². The highest BCUT2D eigenvalue weighted by atomic mass is 19.4. The lowest BCUT2D eigenvalue weighted by atomic mass is 10.1. The van der Waals surface area contributed by atoms with E-state index in [0.29, 0.717) is 37.6 Å². The SMILES string of the molecule is O=C(CNc1cccc(C(F)(F)F)c1)Nc1cccc(C(=O)N2CCOCC2)c1. The molecule has 0 unspecified atom stereocenters. The number of carbonyl (C=O) groups is 2. The maximum atomic E-state index is 12.7. The Bertz CT molecular complexity index is 881. The van der Waals surface area contributed by atoms with E-state index in [1.807, 2.05) is 0 Å². The van der Waals surface area contributed by atoms with Crippen molar-refractivity contribution in [3.63, 3.8) is 0 Å². The predicted molar refractivity (Wildman–Crippen MR) is 102 cm³/mol.